The van der Waals surface area contributed by atoms with Crippen molar-refractivity contribution < 1.29 is 4.74 Å². The van der Waals surface area contributed by atoms with Crippen LogP contribution in [-0.4, -0.2) is 13.2 Å². The summed E-state index contributed by atoms with van der Waals surface area (Å²) in [5.74, 6) is 0. The first-order valence-electron chi connectivity index (χ1n) is 5.73. The summed E-state index contributed by atoms with van der Waals surface area (Å²) in [6.07, 6.45) is 3.26. The maximum atomic E-state index is 5.61. The molecule has 0 bridgehead atoms. The topological polar surface area (TPSA) is 35.2 Å². The molecule has 0 unspecified atom stereocenters. The fraction of sp³-hybridized carbons (Fsp3) is 0.538. The summed E-state index contributed by atoms with van der Waals surface area (Å²) in [7, 11) is 0. The van der Waals surface area contributed by atoms with Gasteiger partial charge in [0.25, 0.3) is 0 Å². The smallest absolute Gasteiger partial charge is 0.0719 e. The van der Waals surface area contributed by atoms with E-state index in [4.69, 9.17) is 10.5 Å². The van der Waals surface area contributed by atoms with Gasteiger partial charge in [-0.1, -0.05) is 37.6 Å². The Bertz CT molecular complexity index is 273. The predicted molar refractivity (Wildman–Crippen MR) is 63.8 cm³/mol. The Kier molecular flexibility index (Phi) is 6.05. The molecule has 15 heavy (non-hydrogen) atoms. The lowest BCUT2D eigenvalue weighted by Gasteiger charge is -2.08. The highest BCUT2D eigenvalue weighted by atomic mass is 16.5. The highest BCUT2D eigenvalue weighted by Gasteiger charge is 2.00. The van der Waals surface area contributed by atoms with Crippen LogP contribution in [0.1, 0.15) is 30.9 Å². The van der Waals surface area contributed by atoms with Crippen molar-refractivity contribution in [1.29, 1.82) is 0 Å². The number of ether oxygens (including phenoxy) is 1. The maximum Gasteiger partial charge on any atom is 0.0719 e. The van der Waals surface area contributed by atoms with Crippen molar-refractivity contribution in [3.8, 4) is 0 Å². The molecule has 2 nitrogen and oxygen atoms in total. The molecule has 84 valence electrons. The van der Waals surface area contributed by atoms with E-state index in [1.54, 1.807) is 0 Å². The van der Waals surface area contributed by atoms with Crippen LogP contribution in [0.3, 0.4) is 0 Å². The molecule has 0 radical (unpaired) electrons. The van der Waals surface area contributed by atoms with Crippen molar-refractivity contribution in [1.82, 2.24) is 0 Å². The molecule has 0 saturated carbocycles. The van der Waals surface area contributed by atoms with Crippen molar-refractivity contribution >= 4 is 0 Å². The Morgan fingerprint density at radius 2 is 1.93 bits per heavy atom. The van der Waals surface area contributed by atoms with Crippen molar-refractivity contribution in [2.75, 3.05) is 13.2 Å². The van der Waals surface area contributed by atoms with Crippen LogP contribution in [-0.2, 0) is 17.8 Å². The summed E-state index contributed by atoms with van der Waals surface area (Å²) in [5, 5.41) is 0. The second kappa shape index (κ2) is 7.43. The molecule has 1 rings (SSSR count). The lowest BCUT2D eigenvalue weighted by Crippen LogP contribution is -2.06. The number of unbranched alkanes of at least 4 members (excludes halogenated alkanes) is 1. The first kappa shape index (κ1) is 12.2. The molecule has 0 fully saturated rings. The summed E-state index contributed by atoms with van der Waals surface area (Å²) < 4.78 is 5.61. The lowest BCUT2D eigenvalue weighted by molar-refractivity contribution is 0.117. The minimum Gasteiger partial charge on any atom is -0.377 e. The minimum absolute atomic E-state index is 0.700. The van der Waals surface area contributed by atoms with E-state index in [-0.39, 0.29) is 0 Å². The predicted octanol–water partition coefficient (Wildman–Crippen LogP) is 2.50. The van der Waals surface area contributed by atoms with Crippen LogP contribution in [0.2, 0.25) is 0 Å². The van der Waals surface area contributed by atoms with Crippen LogP contribution in [0.25, 0.3) is 0 Å². The van der Waals surface area contributed by atoms with E-state index in [0.717, 1.165) is 26.1 Å². The van der Waals surface area contributed by atoms with Crippen molar-refractivity contribution in [3.63, 3.8) is 0 Å². The van der Waals surface area contributed by atoms with Crippen LogP contribution in [0.5, 0.6) is 0 Å². The van der Waals surface area contributed by atoms with E-state index in [1.807, 2.05) is 0 Å². The van der Waals surface area contributed by atoms with Gasteiger partial charge in [-0.05, 0) is 30.5 Å². The lowest BCUT2D eigenvalue weighted by atomic mass is 10.1. The third-order valence-corrected chi connectivity index (χ3v) is 2.43. The summed E-state index contributed by atoms with van der Waals surface area (Å²) in [6, 6.07) is 8.36. The van der Waals surface area contributed by atoms with Crippen LogP contribution in [0.4, 0.5) is 0 Å². The molecule has 0 amide bonds. The van der Waals surface area contributed by atoms with Gasteiger partial charge >= 0.3 is 0 Å². The third kappa shape index (κ3) is 4.45. The zero-order valence-corrected chi connectivity index (χ0v) is 9.54. The first-order valence-corrected chi connectivity index (χ1v) is 5.73. The molecule has 0 aromatic heterocycles. The molecule has 0 heterocycles. The summed E-state index contributed by atoms with van der Waals surface area (Å²) in [6.45, 7) is 4.45. The van der Waals surface area contributed by atoms with E-state index in [2.05, 4.69) is 31.2 Å². The summed E-state index contributed by atoms with van der Waals surface area (Å²) >= 11 is 0. The molecule has 1 aromatic rings. The number of nitrogens with two attached hydrogens (primary N) is 1. The molecular weight excluding hydrogens is 186 g/mol. The monoisotopic (exact) mass is 207 g/mol. The van der Waals surface area contributed by atoms with Crippen molar-refractivity contribution in [2.45, 2.75) is 32.8 Å². The number of hydrogen-bond acceptors (Lipinski definition) is 2. The Morgan fingerprint density at radius 3 is 2.60 bits per heavy atom. The third-order valence-electron chi connectivity index (χ3n) is 2.43. The maximum absolute atomic E-state index is 5.61. The zero-order valence-electron chi connectivity index (χ0n) is 9.54. The van der Waals surface area contributed by atoms with Crippen molar-refractivity contribution in [2.24, 2.45) is 5.73 Å². The zero-order chi connectivity index (χ0) is 10.9. The van der Waals surface area contributed by atoms with Gasteiger partial charge in [-0.2, -0.15) is 0 Å². The van der Waals surface area contributed by atoms with Gasteiger partial charge in [0.15, 0.2) is 0 Å². The molecule has 0 saturated heterocycles. The molecule has 0 aliphatic rings. The van der Waals surface area contributed by atoms with Crippen molar-refractivity contribution in [3.05, 3.63) is 35.4 Å². The van der Waals surface area contributed by atoms with E-state index in [0.29, 0.717) is 6.54 Å². The highest BCUT2D eigenvalue weighted by molar-refractivity contribution is 5.26. The van der Waals surface area contributed by atoms with Gasteiger partial charge in [0.1, 0.15) is 0 Å². The minimum atomic E-state index is 0.700. The van der Waals surface area contributed by atoms with E-state index in [1.165, 1.54) is 17.5 Å². The van der Waals surface area contributed by atoms with E-state index < -0.39 is 0 Å². The quantitative estimate of drug-likeness (QED) is 0.697. The normalized spacial score (nSPS) is 10.5. The van der Waals surface area contributed by atoms with Gasteiger partial charge < -0.3 is 10.5 Å². The Labute approximate surface area is 92.4 Å². The Balaban J connectivity index is 2.44. The Hall–Kier alpha value is -0.860. The molecular formula is C13H21NO. The van der Waals surface area contributed by atoms with Crippen LogP contribution in [0.15, 0.2) is 24.3 Å². The number of rotatable bonds is 7. The molecule has 2 heteroatoms. The SMILES string of the molecule is CCCCOCc1ccccc1CCN. The molecule has 0 spiro atoms. The van der Waals surface area contributed by atoms with Gasteiger partial charge in [0.2, 0.25) is 0 Å². The van der Waals surface area contributed by atoms with Gasteiger partial charge in [-0.3, -0.25) is 0 Å². The average molecular weight is 207 g/mol. The van der Waals surface area contributed by atoms with Crippen LogP contribution in [0, 0.1) is 0 Å². The van der Waals surface area contributed by atoms with Gasteiger partial charge in [-0.15, -0.1) is 0 Å². The fourth-order valence-corrected chi connectivity index (χ4v) is 1.53. The second-order valence-corrected chi connectivity index (χ2v) is 3.71. The van der Waals surface area contributed by atoms with Crippen LogP contribution >= 0.6 is 0 Å². The van der Waals surface area contributed by atoms with Gasteiger partial charge in [-0.25, -0.2) is 0 Å². The van der Waals surface area contributed by atoms with Gasteiger partial charge in [0, 0.05) is 6.61 Å². The average Bonchev–Trinajstić information content (AvgIpc) is 2.27. The largest absolute Gasteiger partial charge is 0.377 e. The highest BCUT2D eigenvalue weighted by Crippen LogP contribution is 2.10. The van der Waals surface area contributed by atoms with Gasteiger partial charge in [0.05, 0.1) is 6.61 Å². The van der Waals surface area contributed by atoms with E-state index >= 15 is 0 Å². The summed E-state index contributed by atoms with van der Waals surface area (Å²) in [5.41, 5.74) is 8.16. The van der Waals surface area contributed by atoms with E-state index in [9.17, 15) is 0 Å². The molecule has 2 N–H and O–H groups in total. The molecule has 0 atom stereocenters. The Morgan fingerprint density at radius 1 is 1.20 bits per heavy atom. The standard InChI is InChI=1S/C13H21NO/c1-2-3-10-15-11-13-7-5-4-6-12(13)8-9-14/h4-7H,2-3,8-11,14H2,1H3. The number of hydrogen-bond donors (Lipinski definition) is 1. The first-order chi connectivity index (χ1) is 7.38. The van der Waals surface area contributed by atoms with Crippen LogP contribution < -0.4 is 5.73 Å². The molecule has 0 aliphatic heterocycles. The number of benzene rings is 1. The fourth-order valence-electron chi connectivity index (χ4n) is 1.53. The second-order valence-electron chi connectivity index (χ2n) is 3.71. The summed E-state index contributed by atoms with van der Waals surface area (Å²) in [4.78, 5) is 0. The molecule has 0 aliphatic carbocycles. The molecule has 1 aromatic carbocycles.